The van der Waals surface area contributed by atoms with Gasteiger partial charge in [-0.1, -0.05) is 12.1 Å². The van der Waals surface area contributed by atoms with Crippen molar-refractivity contribution >= 4 is 23.1 Å². The average Bonchev–Trinajstić information content (AvgIpc) is 3.40. The lowest BCUT2D eigenvalue weighted by molar-refractivity contribution is 0.0149. The summed E-state index contributed by atoms with van der Waals surface area (Å²) < 4.78 is 44.9. The van der Waals surface area contributed by atoms with E-state index in [9.17, 15) is 9.18 Å². The molecule has 0 atom stereocenters. The van der Waals surface area contributed by atoms with Crippen LogP contribution in [0.5, 0.6) is 0 Å². The van der Waals surface area contributed by atoms with Crippen LogP contribution in [0.4, 0.5) is 15.0 Å². The molecule has 0 spiro atoms. The predicted molar refractivity (Wildman–Crippen MR) is 174 cm³/mol. The van der Waals surface area contributed by atoms with Crippen LogP contribution in [-0.4, -0.2) is 67.1 Å². The van der Waals surface area contributed by atoms with Gasteiger partial charge >= 0.3 is 6.09 Å². The molecule has 4 heterocycles. The Labute approximate surface area is 266 Å². The Morgan fingerprint density at radius 2 is 1.78 bits per heavy atom. The van der Waals surface area contributed by atoms with Crippen molar-refractivity contribution in [2.45, 2.75) is 51.8 Å². The number of hydrogen-bond donors (Lipinski definition) is 1. The molecule has 9 nitrogen and oxygen atoms in total. The molecule has 2 N–H and O–H groups in total. The Bertz CT molecular complexity index is 1910. The van der Waals surface area contributed by atoms with Crippen molar-refractivity contribution < 1.29 is 18.0 Å². The van der Waals surface area contributed by atoms with Gasteiger partial charge in [0.05, 0.1) is 11.3 Å². The topological polar surface area (TPSA) is 102 Å². The van der Waals surface area contributed by atoms with Gasteiger partial charge in [-0.15, -0.1) is 0 Å². The highest BCUT2D eigenvalue weighted by atomic mass is 19.1. The second-order valence-corrected chi connectivity index (χ2v) is 12.3. The van der Waals surface area contributed by atoms with Crippen LogP contribution in [0, 0.1) is 5.82 Å². The van der Waals surface area contributed by atoms with E-state index in [-0.39, 0.29) is 5.82 Å². The fourth-order valence-corrected chi connectivity index (χ4v) is 5.57. The first-order chi connectivity index (χ1) is 22.8. The van der Waals surface area contributed by atoms with E-state index in [1.54, 1.807) is 39.1 Å². The number of aromatic nitrogens is 4. The number of rotatable bonds is 6. The van der Waals surface area contributed by atoms with Crippen molar-refractivity contribution in [1.82, 2.24) is 29.3 Å². The molecule has 1 fully saturated rings. The third kappa shape index (κ3) is 6.66. The molecule has 6 rings (SSSR count). The van der Waals surface area contributed by atoms with Crippen molar-refractivity contribution in [2.24, 2.45) is 0 Å². The molecule has 45 heavy (non-hydrogen) atoms. The van der Waals surface area contributed by atoms with Gasteiger partial charge in [-0.25, -0.2) is 24.1 Å². The molecule has 3 aromatic heterocycles. The molecule has 10 heteroatoms. The van der Waals surface area contributed by atoms with E-state index < -0.39 is 24.7 Å². The second kappa shape index (κ2) is 12.3. The summed E-state index contributed by atoms with van der Waals surface area (Å²) >= 11 is 0. The highest BCUT2D eigenvalue weighted by Crippen LogP contribution is 2.32. The number of nitrogens with two attached hydrogens (primary N) is 1. The van der Waals surface area contributed by atoms with Gasteiger partial charge in [0.15, 0.2) is 11.5 Å². The Morgan fingerprint density at radius 1 is 1.04 bits per heavy atom. The summed E-state index contributed by atoms with van der Waals surface area (Å²) in [6, 6.07) is 21.3. The minimum absolute atomic E-state index is 0.318. The molecule has 232 valence electrons. The summed E-state index contributed by atoms with van der Waals surface area (Å²) in [6.45, 7) is 4.51. The van der Waals surface area contributed by atoms with Gasteiger partial charge < -0.3 is 15.4 Å². The maximum Gasteiger partial charge on any atom is 0.410 e. The maximum absolute atomic E-state index is 13.6. The first-order valence-electron chi connectivity index (χ1n) is 16.5. The number of carbonyl (C=O) groups is 1. The molecule has 1 aliphatic heterocycles. The van der Waals surface area contributed by atoms with E-state index in [0.29, 0.717) is 66.5 Å². The molecule has 0 unspecified atom stereocenters. The number of halogens is 1. The summed E-state index contributed by atoms with van der Waals surface area (Å²) in [6.07, 6.45) is 1.87. The van der Waals surface area contributed by atoms with Crippen LogP contribution in [0.15, 0.2) is 79.0 Å². The fourth-order valence-electron chi connectivity index (χ4n) is 5.57. The van der Waals surface area contributed by atoms with Crippen LogP contribution >= 0.6 is 0 Å². The number of pyridine rings is 2. The molecule has 0 aliphatic carbocycles. The summed E-state index contributed by atoms with van der Waals surface area (Å²) in [4.78, 5) is 30.1. The van der Waals surface area contributed by atoms with Crippen molar-refractivity contribution in [3.8, 4) is 28.3 Å². The highest BCUT2D eigenvalue weighted by molar-refractivity contribution is 5.84. The van der Waals surface area contributed by atoms with Crippen LogP contribution in [-0.2, 0) is 11.3 Å². The normalized spacial score (nSPS) is 15.8. The number of amides is 1. The Kier molecular flexibility index (Phi) is 7.25. The van der Waals surface area contributed by atoms with Crippen LogP contribution in [0.3, 0.4) is 0 Å². The average molecular weight is 611 g/mol. The molecule has 2 aromatic carbocycles. The maximum atomic E-state index is 13.6. The largest absolute Gasteiger partial charge is 0.444 e. The SMILES string of the molecule is [2H]C([2H])([2H])N(C(=O)OC(C)(C)C)C1CCN(Cc2ccc(-n3c(-c4cccnc4N)nc4ccc(-c5ccc(F)cc5)nc43)cc2)CC1. The van der Waals surface area contributed by atoms with Gasteiger partial charge in [-0.05, 0) is 99.8 Å². The Balaban J connectivity index is 1.24. The number of carbonyl (C=O) groups excluding carboxylic acids is 1. The minimum Gasteiger partial charge on any atom is -0.444 e. The zero-order chi connectivity index (χ0) is 34.2. The lowest BCUT2D eigenvalue weighted by Crippen LogP contribution is -2.46. The van der Waals surface area contributed by atoms with E-state index in [0.717, 1.165) is 21.7 Å². The molecule has 1 saturated heterocycles. The van der Waals surface area contributed by atoms with E-state index in [1.165, 1.54) is 12.1 Å². The molecule has 0 bridgehead atoms. The Morgan fingerprint density at radius 3 is 2.44 bits per heavy atom. The molecule has 1 aliphatic rings. The van der Waals surface area contributed by atoms with E-state index in [1.807, 2.05) is 53.1 Å². The van der Waals surface area contributed by atoms with Crippen molar-refractivity contribution in [2.75, 3.05) is 25.8 Å². The van der Waals surface area contributed by atoms with Crippen molar-refractivity contribution in [3.05, 3.63) is 90.4 Å². The molecule has 1 amide bonds. The molecule has 0 radical (unpaired) electrons. The van der Waals surface area contributed by atoms with Crippen LogP contribution in [0.25, 0.3) is 39.5 Å². The highest BCUT2D eigenvalue weighted by Gasteiger charge is 2.28. The lowest BCUT2D eigenvalue weighted by atomic mass is 10.0. The van der Waals surface area contributed by atoms with Gasteiger partial charge in [-0.3, -0.25) is 9.47 Å². The monoisotopic (exact) mass is 610 g/mol. The number of nitrogens with zero attached hydrogens (tertiary/aromatic N) is 6. The molecular formula is C35H38FN7O2. The third-order valence-corrected chi connectivity index (χ3v) is 7.84. The van der Waals surface area contributed by atoms with Gasteiger partial charge in [-0.2, -0.15) is 0 Å². The van der Waals surface area contributed by atoms with E-state index in [2.05, 4.69) is 9.88 Å². The fraction of sp³-hybridized carbons (Fsp3) is 0.314. The van der Waals surface area contributed by atoms with Gasteiger partial charge in [0.1, 0.15) is 22.8 Å². The predicted octanol–water partition coefficient (Wildman–Crippen LogP) is 6.70. The Hall–Kier alpha value is -4.83. The third-order valence-electron chi connectivity index (χ3n) is 7.84. The van der Waals surface area contributed by atoms with E-state index in [4.69, 9.17) is 24.6 Å². The summed E-state index contributed by atoms with van der Waals surface area (Å²) in [7, 11) is 0. The van der Waals surface area contributed by atoms with Crippen molar-refractivity contribution in [1.29, 1.82) is 0 Å². The minimum atomic E-state index is -2.59. The van der Waals surface area contributed by atoms with Gasteiger partial charge in [0.2, 0.25) is 0 Å². The standard InChI is InChI=1S/C35H38FN7O2/c1-35(2,3)45-34(44)41(4)26-17-20-42(21-18-26)22-23-7-13-27(14-8-23)43-32(28-6-5-19-38-31(28)37)40-30-16-15-29(39-33(30)43)24-9-11-25(36)12-10-24/h5-16,19,26H,17-18,20-22H2,1-4H3,(H2,37,38)/i4D3. The lowest BCUT2D eigenvalue weighted by Gasteiger charge is -2.37. The zero-order valence-corrected chi connectivity index (χ0v) is 25.6. The number of hydrogen-bond acceptors (Lipinski definition) is 7. The number of anilines is 1. The number of benzene rings is 2. The summed E-state index contributed by atoms with van der Waals surface area (Å²) in [5.41, 5.74) is 10.8. The molecule has 5 aromatic rings. The first kappa shape index (κ1) is 26.6. The number of likely N-dealkylation sites (tertiary alicyclic amines) is 1. The van der Waals surface area contributed by atoms with Gasteiger partial charge in [0, 0.05) is 54.2 Å². The zero-order valence-electron chi connectivity index (χ0n) is 28.6. The summed E-state index contributed by atoms with van der Waals surface area (Å²) in [5, 5.41) is 0. The molecule has 0 saturated carbocycles. The van der Waals surface area contributed by atoms with E-state index >= 15 is 0 Å². The summed E-state index contributed by atoms with van der Waals surface area (Å²) in [5.74, 6) is 0.622. The van der Waals surface area contributed by atoms with Crippen LogP contribution in [0.1, 0.15) is 43.3 Å². The number of ether oxygens (including phenoxy) is 1. The first-order valence-corrected chi connectivity index (χ1v) is 15.0. The second-order valence-electron chi connectivity index (χ2n) is 12.3. The quantitative estimate of drug-likeness (QED) is 0.228. The van der Waals surface area contributed by atoms with Gasteiger partial charge in [0.25, 0.3) is 0 Å². The number of nitrogen functional groups attached to an aromatic ring is 1. The number of fused-ring (bicyclic) bond motifs is 1. The smallest absolute Gasteiger partial charge is 0.410 e. The van der Waals surface area contributed by atoms with Crippen molar-refractivity contribution in [3.63, 3.8) is 0 Å². The number of piperidine rings is 1. The number of imidazole rings is 1. The molecular weight excluding hydrogens is 569 g/mol. The van der Waals surface area contributed by atoms with Crippen LogP contribution < -0.4 is 5.73 Å². The van der Waals surface area contributed by atoms with Crippen LogP contribution in [0.2, 0.25) is 0 Å².